The number of allylic oxidation sites excluding steroid dienone is 4. The minimum Gasteiger partial charge on any atom is -0.215 e. The van der Waals surface area contributed by atoms with Crippen LogP contribution in [0.2, 0.25) is 0 Å². The Hall–Kier alpha value is -2.22. The van der Waals surface area contributed by atoms with Gasteiger partial charge in [-0.2, -0.15) is 4.58 Å². The molecule has 2 nitrogen and oxygen atoms in total. The quantitative estimate of drug-likeness (QED) is 0.713. The smallest absolute Gasteiger partial charge is 0.215 e. The van der Waals surface area contributed by atoms with Crippen LogP contribution in [0.5, 0.6) is 0 Å². The van der Waals surface area contributed by atoms with Gasteiger partial charge in [0.05, 0.1) is 12.0 Å². The van der Waals surface area contributed by atoms with Crippen molar-refractivity contribution in [3.05, 3.63) is 72.4 Å². The topological polar surface area (TPSA) is 20.1 Å². The van der Waals surface area contributed by atoms with Crippen LogP contribution in [0.4, 0.5) is 0 Å². The van der Waals surface area contributed by atoms with Gasteiger partial charge in [0.25, 0.3) is 0 Å². The highest BCUT2D eigenvalue weighted by molar-refractivity contribution is 6.01. The average Bonchev–Trinajstić information content (AvgIpc) is 2.89. The van der Waals surface area contributed by atoms with Gasteiger partial charge in [-0.25, -0.2) is 4.79 Å². The van der Waals surface area contributed by atoms with E-state index in [-0.39, 0.29) is 11.9 Å². The molecule has 0 bridgehead atoms. The van der Waals surface area contributed by atoms with Crippen molar-refractivity contribution >= 4 is 11.6 Å². The lowest BCUT2D eigenvalue weighted by molar-refractivity contribution is -0.473. The highest BCUT2D eigenvalue weighted by Gasteiger charge is 2.45. The maximum atomic E-state index is 12.1. The molecule has 0 aromatic heterocycles. The van der Waals surface area contributed by atoms with Gasteiger partial charge in [0.1, 0.15) is 0 Å². The number of hydrogen-bond donors (Lipinski definition) is 0. The molecule has 0 saturated heterocycles. The lowest BCUT2D eigenvalue weighted by Crippen LogP contribution is -2.42. The summed E-state index contributed by atoms with van der Waals surface area (Å²) in [6.45, 7) is 0. The molecule has 0 spiro atoms. The van der Waals surface area contributed by atoms with Crippen molar-refractivity contribution in [2.24, 2.45) is 5.92 Å². The Labute approximate surface area is 118 Å². The fourth-order valence-corrected chi connectivity index (χ4v) is 3.61. The maximum absolute atomic E-state index is 12.1. The minimum absolute atomic E-state index is 0.126. The number of fused-ring (bicyclic) bond motifs is 2. The van der Waals surface area contributed by atoms with Crippen LogP contribution in [0.25, 0.3) is 0 Å². The zero-order valence-corrected chi connectivity index (χ0v) is 11.1. The van der Waals surface area contributed by atoms with Crippen LogP contribution in [0.3, 0.4) is 0 Å². The number of benzene rings is 1. The molecule has 3 atom stereocenters. The Bertz CT molecular complexity index is 679. The van der Waals surface area contributed by atoms with Crippen molar-refractivity contribution < 1.29 is 9.37 Å². The van der Waals surface area contributed by atoms with E-state index in [2.05, 4.69) is 48.6 Å². The summed E-state index contributed by atoms with van der Waals surface area (Å²) in [5.41, 5.74) is 2.51. The molecule has 98 valence electrons. The second-order valence-electron chi connectivity index (χ2n) is 5.58. The number of carbonyl (C=O) groups is 1. The molecule has 0 saturated carbocycles. The Kier molecular flexibility index (Phi) is 2.56. The highest BCUT2D eigenvalue weighted by atomic mass is 16.2. The van der Waals surface area contributed by atoms with Crippen LogP contribution in [-0.4, -0.2) is 22.2 Å². The standard InChI is InChI=1S/C18H16NO/c20-18-11-10-14-12-16(13-6-2-1-3-7-13)15-8-4-5-9-17(15)19(14)18/h1-11,14-16H,12H2/q+1. The fraction of sp³-hybridized carbons (Fsp3) is 0.222. The molecule has 1 amide bonds. The second-order valence-corrected chi connectivity index (χ2v) is 5.58. The van der Waals surface area contributed by atoms with E-state index in [4.69, 9.17) is 0 Å². The van der Waals surface area contributed by atoms with E-state index in [9.17, 15) is 4.79 Å². The summed E-state index contributed by atoms with van der Waals surface area (Å²) in [7, 11) is 0. The Morgan fingerprint density at radius 2 is 1.85 bits per heavy atom. The largest absolute Gasteiger partial charge is 0.412 e. The molecular formula is C18H16NO+. The molecule has 1 aromatic carbocycles. The number of amides is 1. The molecule has 1 aromatic rings. The Morgan fingerprint density at radius 1 is 1.00 bits per heavy atom. The highest BCUT2D eigenvalue weighted by Crippen LogP contribution is 2.38. The van der Waals surface area contributed by atoms with E-state index < -0.39 is 0 Å². The predicted molar refractivity (Wildman–Crippen MR) is 78.8 cm³/mol. The first-order chi connectivity index (χ1) is 9.84. The fourth-order valence-electron chi connectivity index (χ4n) is 3.61. The Balaban J connectivity index is 1.84. The van der Waals surface area contributed by atoms with E-state index in [0.717, 1.165) is 12.1 Å². The van der Waals surface area contributed by atoms with Gasteiger partial charge in [-0.05, 0) is 11.6 Å². The van der Waals surface area contributed by atoms with Crippen molar-refractivity contribution in [1.82, 2.24) is 0 Å². The molecule has 2 aliphatic heterocycles. The van der Waals surface area contributed by atoms with Crippen LogP contribution in [0.1, 0.15) is 17.9 Å². The van der Waals surface area contributed by atoms with Gasteiger partial charge in [0, 0.05) is 18.4 Å². The summed E-state index contributed by atoms with van der Waals surface area (Å²) in [6.07, 6.45) is 13.2. The van der Waals surface area contributed by atoms with Crippen molar-refractivity contribution in [3.63, 3.8) is 0 Å². The zero-order chi connectivity index (χ0) is 13.5. The van der Waals surface area contributed by atoms with Gasteiger partial charge in [-0.15, -0.1) is 0 Å². The molecule has 3 aliphatic rings. The van der Waals surface area contributed by atoms with Gasteiger partial charge in [0.2, 0.25) is 0 Å². The monoisotopic (exact) mass is 262 g/mol. The van der Waals surface area contributed by atoms with Gasteiger partial charge >= 0.3 is 5.91 Å². The van der Waals surface area contributed by atoms with Crippen LogP contribution in [0.15, 0.2) is 66.8 Å². The third kappa shape index (κ3) is 1.64. The van der Waals surface area contributed by atoms with E-state index in [1.165, 1.54) is 5.56 Å². The molecule has 0 N–H and O–H groups in total. The molecule has 3 unspecified atom stereocenters. The van der Waals surface area contributed by atoms with Gasteiger partial charge in [0.15, 0.2) is 11.8 Å². The van der Waals surface area contributed by atoms with Gasteiger partial charge < -0.3 is 0 Å². The van der Waals surface area contributed by atoms with E-state index >= 15 is 0 Å². The van der Waals surface area contributed by atoms with Crippen molar-refractivity contribution in [3.8, 4) is 0 Å². The second kappa shape index (κ2) is 4.41. The summed E-state index contributed by atoms with van der Waals surface area (Å²) in [5, 5.41) is 0. The Morgan fingerprint density at radius 3 is 2.70 bits per heavy atom. The molecule has 20 heavy (non-hydrogen) atoms. The summed E-state index contributed by atoms with van der Waals surface area (Å²) < 4.78 is 1.96. The molecule has 2 heterocycles. The molecule has 1 aliphatic carbocycles. The third-order valence-electron chi connectivity index (χ3n) is 4.50. The first-order valence-electron chi connectivity index (χ1n) is 7.12. The summed E-state index contributed by atoms with van der Waals surface area (Å²) in [5.74, 6) is 0.883. The first-order valence-corrected chi connectivity index (χ1v) is 7.12. The zero-order valence-electron chi connectivity index (χ0n) is 11.1. The van der Waals surface area contributed by atoms with Crippen LogP contribution in [-0.2, 0) is 4.79 Å². The third-order valence-corrected chi connectivity index (χ3v) is 4.50. The number of rotatable bonds is 1. The number of nitrogens with zero attached hydrogens (tertiary/aromatic N) is 1. The maximum Gasteiger partial charge on any atom is 0.412 e. The van der Waals surface area contributed by atoms with Crippen LogP contribution >= 0.6 is 0 Å². The van der Waals surface area contributed by atoms with Crippen molar-refractivity contribution in [2.45, 2.75) is 18.4 Å². The number of carbonyl (C=O) groups excluding carboxylic acids is 1. The van der Waals surface area contributed by atoms with Crippen molar-refractivity contribution in [1.29, 1.82) is 0 Å². The normalized spacial score (nSPS) is 30.6. The first kappa shape index (κ1) is 11.6. The van der Waals surface area contributed by atoms with E-state index in [0.29, 0.717) is 11.8 Å². The summed E-state index contributed by atoms with van der Waals surface area (Å²) in [6, 6.07) is 10.9. The van der Waals surface area contributed by atoms with Crippen molar-refractivity contribution in [2.75, 3.05) is 0 Å². The molecule has 0 radical (unpaired) electrons. The van der Waals surface area contributed by atoms with Gasteiger partial charge in [-0.3, -0.25) is 0 Å². The van der Waals surface area contributed by atoms with E-state index in [1.54, 1.807) is 6.08 Å². The average molecular weight is 262 g/mol. The van der Waals surface area contributed by atoms with E-state index in [1.807, 2.05) is 16.7 Å². The van der Waals surface area contributed by atoms with Crippen LogP contribution in [0, 0.1) is 5.92 Å². The molecule has 0 fully saturated rings. The molecule has 4 rings (SSSR count). The summed E-state index contributed by atoms with van der Waals surface area (Å²) in [4.78, 5) is 12.1. The molecular weight excluding hydrogens is 246 g/mol. The number of hydrogen-bond acceptors (Lipinski definition) is 1. The SMILES string of the molecule is O=C1C=CC2CC(c3ccccc3)C3C=CC=CC3=[N+]12. The predicted octanol–water partition coefficient (Wildman–Crippen LogP) is 2.83. The minimum atomic E-state index is 0.126. The lowest BCUT2D eigenvalue weighted by atomic mass is 9.75. The summed E-state index contributed by atoms with van der Waals surface area (Å²) >= 11 is 0. The molecule has 2 heteroatoms. The lowest BCUT2D eigenvalue weighted by Gasteiger charge is -2.31. The van der Waals surface area contributed by atoms with Gasteiger partial charge in [-0.1, -0.05) is 48.6 Å². The van der Waals surface area contributed by atoms with Crippen LogP contribution < -0.4 is 0 Å².